The number of hydrogen-bond donors (Lipinski definition) is 4. The van der Waals surface area contributed by atoms with Crippen molar-refractivity contribution in [3.8, 4) is 16.9 Å². The van der Waals surface area contributed by atoms with E-state index in [1.807, 2.05) is 32.2 Å². The molecule has 53 heavy (non-hydrogen) atoms. The topological polar surface area (TPSA) is 199 Å². The molecule has 2 fully saturated rings. The lowest BCUT2D eigenvalue weighted by atomic mass is 9.95. The van der Waals surface area contributed by atoms with E-state index in [1.165, 1.54) is 4.31 Å². The van der Waals surface area contributed by atoms with Crippen LogP contribution < -0.4 is 20.1 Å². The van der Waals surface area contributed by atoms with E-state index >= 15 is 0 Å². The van der Waals surface area contributed by atoms with Gasteiger partial charge in [-0.15, -0.1) is 5.10 Å². The van der Waals surface area contributed by atoms with E-state index in [9.17, 15) is 22.8 Å². The van der Waals surface area contributed by atoms with Crippen molar-refractivity contribution < 1.29 is 27.5 Å². The van der Waals surface area contributed by atoms with Crippen LogP contribution in [0.3, 0.4) is 0 Å². The van der Waals surface area contributed by atoms with Crippen LogP contribution in [0.5, 0.6) is 5.75 Å². The zero-order valence-electron chi connectivity index (χ0n) is 29.7. The largest absolute Gasteiger partial charge is 0.489 e. The second kappa shape index (κ2) is 14.1. The van der Waals surface area contributed by atoms with E-state index in [4.69, 9.17) is 9.72 Å². The lowest BCUT2D eigenvalue weighted by Crippen LogP contribution is -2.52. The van der Waals surface area contributed by atoms with Crippen molar-refractivity contribution in [1.82, 2.24) is 48.9 Å². The lowest BCUT2D eigenvalue weighted by Gasteiger charge is -2.36. The van der Waals surface area contributed by atoms with Gasteiger partial charge in [0, 0.05) is 87.4 Å². The summed E-state index contributed by atoms with van der Waals surface area (Å²) >= 11 is 0. The maximum absolute atomic E-state index is 13.3. The van der Waals surface area contributed by atoms with Gasteiger partial charge in [0.15, 0.2) is 11.4 Å². The first kappa shape index (κ1) is 35.1. The molecule has 18 heteroatoms. The highest BCUT2D eigenvalue weighted by molar-refractivity contribution is 7.87. The molecule has 8 rings (SSSR count). The number of amides is 3. The predicted octanol–water partition coefficient (Wildman–Crippen LogP) is 1.64. The molecule has 2 saturated heterocycles. The molecule has 7 heterocycles. The Kier molecular flexibility index (Phi) is 9.38. The zero-order chi connectivity index (χ0) is 36.9. The van der Waals surface area contributed by atoms with E-state index in [0.29, 0.717) is 94.6 Å². The van der Waals surface area contributed by atoms with Crippen LogP contribution in [0.4, 0.5) is 5.95 Å². The first-order valence-electron chi connectivity index (χ1n) is 18.1. The Bertz CT molecular complexity index is 2170. The highest BCUT2D eigenvalue weighted by atomic mass is 32.2. The number of H-pyrrole nitrogens is 1. The molecule has 4 N–H and O–H groups in total. The molecule has 3 amide bonds. The van der Waals surface area contributed by atoms with Crippen molar-refractivity contribution in [2.24, 2.45) is 5.92 Å². The lowest BCUT2D eigenvalue weighted by molar-refractivity contribution is -0.136. The van der Waals surface area contributed by atoms with E-state index in [-0.39, 0.29) is 30.2 Å². The third-order valence-electron chi connectivity index (χ3n) is 10.6. The normalized spacial score (nSPS) is 22.3. The number of ether oxygens (including phenoxy) is 1. The van der Waals surface area contributed by atoms with Gasteiger partial charge in [0.25, 0.3) is 16.1 Å². The Morgan fingerprint density at radius 3 is 2.64 bits per heavy atom. The van der Waals surface area contributed by atoms with Crippen molar-refractivity contribution >= 4 is 39.5 Å². The average molecular weight is 746 g/mol. The molecular formula is C35H43N11O6S. The minimum Gasteiger partial charge on any atom is -0.489 e. The molecule has 0 spiro atoms. The molecule has 4 aliphatic heterocycles. The van der Waals surface area contributed by atoms with E-state index in [1.54, 1.807) is 21.8 Å². The first-order chi connectivity index (χ1) is 25.6. The highest BCUT2D eigenvalue weighted by Gasteiger charge is 2.40. The van der Waals surface area contributed by atoms with Crippen LogP contribution in [0.2, 0.25) is 0 Å². The van der Waals surface area contributed by atoms with Crippen molar-refractivity contribution in [2.45, 2.75) is 71.2 Å². The number of nitrogens with one attached hydrogen (secondary N) is 4. The van der Waals surface area contributed by atoms with Crippen LogP contribution in [-0.4, -0.2) is 110 Å². The minimum absolute atomic E-state index is 0.00695. The molecule has 4 aliphatic rings. The summed E-state index contributed by atoms with van der Waals surface area (Å²) in [6, 6.07) is 5.26. The molecule has 0 saturated carbocycles. The Morgan fingerprint density at radius 2 is 1.89 bits per heavy atom. The van der Waals surface area contributed by atoms with Crippen LogP contribution >= 0.6 is 0 Å². The van der Waals surface area contributed by atoms with Gasteiger partial charge in [-0.2, -0.15) is 22.8 Å². The maximum atomic E-state index is 13.3. The number of hydrogen-bond acceptors (Lipinski definition) is 11. The molecule has 1 unspecified atom stereocenters. The minimum atomic E-state index is -3.67. The zero-order valence-corrected chi connectivity index (χ0v) is 30.5. The van der Waals surface area contributed by atoms with Crippen molar-refractivity contribution in [3.05, 3.63) is 59.0 Å². The quantitative estimate of drug-likeness (QED) is 0.121. The number of carbonyl (C=O) groups is 3. The summed E-state index contributed by atoms with van der Waals surface area (Å²) in [5, 5.41) is 17.3. The van der Waals surface area contributed by atoms with E-state index in [0.717, 1.165) is 27.8 Å². The summed E-state index contributed by atoms with van der Waals surface area (Å²) in [5.41, 5.74) is 6.05. The van der Waals surface area contributed by atoms with Gasteiger partial charge in [-0.1, -0.05) is 13.0 Å². The van der Waals surface area contributed by atoms with Crippen molar-refractivity contribution in [3.63, 3.8) is 0 Å². The van der Waals surface area contributed by atoms with Gasteiger partial charge in [0.1, 0.15) is 6.04 Å². The van der Waals surface area contributed by atoms with Crippen LogP contribution in [0.25, 0.3) is 16.8 Å². The fraction of sp³-hybridized carbons (Fsp3) is 0.486. The van der Waals surface area contributed by atoms with Gasteiger partial charge in [-0.3, -0.25) is 29.7 Å². The van der Waals surface area contributed by atoms with Crippen LogP contribution in [-0.2, 0) is 39.4 Å². The van der Waals surface area contributed by atoms with Crippen molar-refractivity contribution in [2.75, 3.05) is 38.1 Å². The summed E-state index contributed by atoms with van der Waals surface area (Å²) in [7, 11) is -3.67. The third kappa shape index (κ3) is 6.87. The molecule has 17 nitrogen and oxygen atoms in total. The highest BCUT2D eigenvalue weighted by Crippen LogP contribution is 2.35. The molecule has 1 aromatic carbocycles. The average Bonchev–Trinajstić information content (AvgIpc) is 3.94. The fourth-order valence-electron chi connectivity index (χ4n) is 7.90. The Hall–Kier alpha value is -4.91. The number of pyridine rings is 1. The van der Waals surface area contributed by atoms with Gasteiger partial charge in [-0.05, 0) is 60.9 Å². The molecule has 3 aromatic heterocycles. The molecular weight excluding hydrogens is 703 g/mol. The Labute approximate surface area is 306 Å². The number of fused-ring (bicyclic) bond motifs is 3. The molecule has 0 radical (unpaired) electrons. The standard InChI is InChI=1S/C35H43N11O6S/c1-3-52-31-26(25-15-36-37-16-25)7-12-46-32(31)41-35(42-46)39-28-8-11-44(17-21(28)2)53(50,51)38-9-4-10-43-18-22-13-24-20-45(29-5-6-30(47)40-33(29)48)34(49)27(24)14-23(22)19-43/h7,12-16,21,28-29,38H,3-6,8-11,17-20H2,1-2H3,(H,36,37)(H,39,42)(H,40,47,48)/t21-,28+,29?/m1/s1. The number of rotatable bonds is 12. The van der Waals surface area contributed by atoms with Gasteiger partial charge in [-0.25, -0.2) is 9.24 Å². The number of benzene rings is 1. The molecule has 0 bridgehead atoms. The van der Waals surface area contributed by atoms with Crippen LogP contribution in [0.15, 0.2) is 36.8 Å². The second-order valence-corrected chi connectivity index (χ2v) is 16.0. The molecule has 280 valence electrons. The summed E-state index contributed by atoms with van der Waals surface area (Å²) in [4.78, 5) is 45.8. The van der Waals surface area contributed by atoms with Crippen LogP contribution in [0.1, 0.15) is 66.6 Å². The Morgan fingerprint density at radius 1 is 1.06 bits per heavy atom. The molecule has 3 atom stereocenters. The summed E-state index contributed by atoms with van der Waals surface area (Å²) in [6.45, 7) is 7.87. The smallest absolute Gasteiger partial charge is 0.279 e. The number of imide groups is 1. The number of nitrogens with zero attached hydrogens (tertiary/aromatic N) is 7. The number of piperidine rings is 2. The SMILES string of the molecule is CCOc1c(-c2cn[nH]c2)ccn2nc(N[C@H]3CCN(S(=O)(=O)NCCCN4Cc5cc6c(cc5C4)C(=O)N(C4CCC(=O)NC4=O)C6)C[C@H]3C)nc12. The van der Waals surface area contributed by atoms with Crippen LogP contribution in [0, 0.1) is 5.92 Å². The monoisotopic (exact) mass is 745 g/mol. The summed E-state index contributed by atoms with van der Waals surface area (Å²) in [6.07, 6.45) is 7.15. The van der Waals surface area contributed by atoms with Crippen molar-refractivity contribution in [1.29, 1.82) is 0 Å². The Balaban J connectivity index is 0.810. The molecule has 4 aromatic rings. The maximum Gasteiger partial charge on any atom is 0.279 e. The van der Waals surface area contributed by atoms with Gasteiger partial charge >= 0.3 is 0 Å². The van der Waals surface area contributed by atoms with Gasteiger partial charge in [0.2, 0.25) is 17.8 Å². The van der Waals surface area contributed by atoms with E-state index in [2.05, 4.69) is 41.6 Å². The molecule has 0 aliphatic carbocycles. The number of aromatic nitrogens is 5. The fourth-order valence-corrected chi connectivity index (χ4v) is 9.26. The van der Waals surface area contributed by atoms with Gasteiger partial charge in [0.05, 0.1) is 12.8 Å². The first-order valence-corrected chi connectivity index (χ1v) is 19.6. The second-order valence-electron chi connectivity index (χ2n) is 14.2. The van der Waals surface area contributed by atoms with E-state index < -0.39 is 22.2 Å². The predicted molar refractivity (Wildman–Crippen MR) is 193 cm³/mol. The number of anilines is 1. The number of carbonyl (C=O) groups excluding carboxylic acids is 3. The third-order valence-corrected chi connectivity index (χ3v) is 12.2. The summed E-state index contributed by atoms with van der Waals surface area (Å²) < 4.78 is 38.5. The van der Waals surface area contributed by atoms with Gasteiger partial charge < -0.3 is 15.0 Å². The number of aromatic amines is 1. The summed E-state index contributed by atoms with van der Waals surface area (Å²) in [5.74, 6) is 0.183.